The second-order valence-electron chi connectivity index (χ2n) is 6.66. The molecule has 0 aromatic carbocycles. The average Bonchev–Trinajstić information content (AvgIpc) is 2.58. The van der Waals surface area contributed by atoms with Gasteiger partial charge in [0, 0.05) is 52.2 Å². The van der Waals surface area contributed by atoms with E-state index in [0.717, 1.165) is 84.2 Å². The van der Waals surface area contributed by atoms with Crippen LogP contribution in [0, 0.1) is 5.92 Å². The van der Waals surface area contributed by atoms with Crippen LogP contribution >= 0.6 is 0 Å². The summed E-state index contributed by atoms with van der Waals surface area (Å²) in [7, 11) is 0. The highest BCUT2D eigenvalue weighted by Crippen LogP contribution is 2.17. The summed E-state index contributed by atoms with van der Waals surface area (Å²) in [5.41, 5.74) is 0. The van der Waals surface area contributed by atoms with Gasteiger partial charge in [0.25, 0.3) is 0 Å². The molecule has 128 valence electrons. The molecule has 2 heterocycles. The second-order valence-corrected chi connectivity index (χ2v) is 6.66. The molecular formula is C17H34N4O. The fraction of sp³-hybridized carbons (Fsp3) is 0.941. The van der Waals surface area contributed by atoms with Crippen molar-refractivity contribution in [3.05, 3.63) is 0 Å². The van der Waals surface area contributed by atoms with E-state index in [1.54, 1.807) is 0 Å². The molecule has 0 aromatic rings. The zero-order valence-electron chi connectivity index (χ0n) is 14.5. The molecule has 0 aromatic heterocycles. The molecule has 1 N–H and O–H groups in total. The maximum atomic E-state index is 12.4. The number of carbonyl (C=O) groups is 1. The first-order valence-electron chi connectivity index (χ1n) is 9.16. The number of amides is 1. The minimum atomic E-state index is 0.361. The lowest BCUT2D eigenvalue weighted by atomic mass is 9.96. The third-order valence-corrected chi connectivity index (χ3v) is 5.20. The molecule has 2 saturated heterocycles. The molecule has 2 aliphatic heterocycles. The van der Waals surface area contributed by atoms with Crippen molar-refractivity contribution in [2.24, 2.45) is 5.92 Å². The number of rotatable bonds is 7. The molecule has 0 bridgehead atoms. The van der Waals surface area contributed by atoms with Gasteiger partial charge in [-0.15, -0.1) is 0 Å². The van der Waals surface area contributed by atoms with Gasteiger partial charge in [-0.2, -0.15) is 0 Å². The zero-order chi connectivity index (χ0) is 15.8. The van der Waals surface area contributed by atoms with E-state index >= 15 is 0 Å². The zero-order valence-corrected chi connectivity index (χ0v) is 14.5. The Bertz CT molecular complexity index is 321. The summed E-state index contributed by atoms with van der Waals surface area (Å²) in [4.78, 5) is 19.4. The van der Waals surface area contributed by atoms with E-state index in [1.807, 2.05) is 0 Å². The summed E-state index contributed by atoms with van der Waals surface area (Å²) < 4.78 is 0. The van der Waals surface area contributed by atoms with Crippen molar-refractivity contribution in [3.8, 4) is 0 Å². The van der Waals surface area contributed by atoms with Gasteiger partial charge in [0.2, 0.25) is 5.91 Å². The predicted molar refractivity (Wildman–Crippen MR) is 91.0 cm³/mol. The fourth-order valence-corrected chi connectivity index (χ4v) is 3.48. The lowest BCUT2D eigenvalue weighted by Crippen LogP contribution is -2.47. The van der Waals surface area contributed by atoms with E-state index < -0.39 is 0 Å². The SMILES string of the molecule is CCNCC1CCN(C(=O)CCN2CCN(CC)CC2)CC1. The molecule has 5 nitrogen and oxygen atoms in total. The number of likely N-dealkylation sites (N-methyl/N-ethyl adjacent to an activating group) is 1. The quantitative estimate of drug-likeness (QED) is 0.757. The highest BCUT2D eigenvalue weighted by atomic mass is 16.2. The van der Waals surface area contributed by atoms with Gasteiger partial charge in [-0.05, 0) is 38.4 Å². The first-order valence-corrected chi connectivity index (χ1v) is 9.16. The van der Waals surface area contributed by atoms with Crippen molar-refractivity contribution in [2.45, 2.75) is 33.1 Å². The molecule has 1 amide bonds. The molecule has 2 aliphatic rings. The van der Waals surface area contributed by atoms with Gasteiger partial charge in [0.05, 0.1) is 0 Å². The van der Waals surface area contributed by atoms with Crippen LogP contribution in [0.25, 0.3) is 0 Å². The summed E-state index contributed by atoms with van der Waals surface area (Å²) in [6.07, 6.45) is 3.02. The Kier molecular flexibility index (Phi) is 7.63. The molecule has 0 atom stereocenters. The van der Waals surface area contributed by atoms with E-state index in [2.05, 4.69) is 33.9 Å². The monoisotopic (exact) mass is 310 g/mol. The lowest BCUT2D eigenvalue weighted by molar-refractivity contribution is -0.133. The molecule has 22 heavy (non-hydrogen) atoms. The molecular weight excluding hydrogens is 276 g/mol. The maximum absolute atomic E-state index is 12.4. The average molecular weight is 310 g/mol. The number of nitrogens with zero attached hydrogens (tertiary/aromatic N) is 3. The molecule has 2 fully saturated rings. The Morgan fingerprint density at radius 3 is 2.23 bits per heavy atom. The van der Waals surface area contributed by atoms with Crippen molar-refractivity contribution in [1.82, 2.24) is 20.0 Å². The van der Waals surface area contributed by atoms with Crippen LogP contribution in [0.15, 0.2) is 0 Å². The Labute approximate surface area is 136 Å². The van der Waals surface area contributed by atoms with Crippen molar-refractivity contribution < 1.29 is 4.79 Å². The number of nitrogens with one attached hydrogen (secondary N) is 1. The van der Waals surface area contributed by atoms with E-state index in [9.17, 15) is 4.79 Å². The third kappa shape index (κ3) is 5.52. The normalized spacial score (nSPS) is 22.2. The Balaban J connectivity index is 1.60. The number of hydrogen-bond acceptors (Lipinski definition) is 4. The minimum absolute atomic E-state index is 0.361. The van der Waals surface area contributed by atoms with E-state index in [4.69, 9.17) is 0 Å². The van der Waals surface area contributed by atoms with Crippen LogP contribution in [0.3, 0.4) is 0 Å². The number of piperazine rings is 1. The molecule has 0 radical (unpaired) electrons. The molecule has 0 spiro atoms. The van der Waals surface area contributed by atoms with Crippen LogP contribution in [0.1, 0.15) is 33.1 Å². The number of hydrogen-bond donors (Lipinski definition) is 1. The van der Waals surface area contributed by atoms with Crippen molar-refractivity contribution in [1.29, 1.82) is 0 Å². The van der Waals surface area contributed by atoms with Crippen molar-refractivity contribution >= 4 is 5.91 Å². The first kappa shape index (κ1) is 17.7. The fourth-order valence-electron chi connectivity index (χ4n) is 3.48. The molecule has 0 aliphatic carbocycles. The largest absolute Gasteiger partial charge is 0.343 e. The summed E-state index contributed by atoms with van der Waals surface area (Å²) in [6, 6.07) is 0. The van der Waals surface area contributed by atoms with Crippen molar-refractivity contribution in [2.75, 3.05) is 65.4 Å². The first-order chi connectivity index (χ1) is 10.7. The highest BCUT2D eigenvalue weighted by Gasteiger charge is 2.23. The van der Waals surface area contributed by atoms with Crippen LogP contribution < -0.4 is 5.32 Å². The third-order valence-electron chi connectivity index (χ3n) is 5.20. The second kappa shape index (κ2) is 9.48. The van der Waals surface area contributed by atoms with Crippen LogP contribution in [-0.2, 0) is 4.79 Å². The van der Waals surface area contributed by atoms with E-state index in [0.29, 0.717) is 12.3 Å². The summed E-state index contributed by atoms with van der Waals surface area (Å²) in [5, 5.41) is 3.42. The summed E-state index contributed by atoms with van der Waals surface area (Å²) in [6.45, 7) is 15.1. The summed E-state index contributed by atoms with van der Waals surface area (Å²) >= 11 is 0. The Morgan fingerprint density at radius 1 is 1.00 bits per heavy atom. The lowest BCUT2D eigenvalue weighted by Gasteiger charge is -2.35. The van der Waals surface area contributed by atoms with Gasteiger partial charge in [-0.1, -0.05) is 13.8 Å². The van der Waals surface area contributed by atoms with Crippen LogP contribution in [0.4, 0.5) is 0 Å². The van der Waals surface area contributed by atoms with Crippen LogP contribution in [0.2, 0.25) is 0 Å². The predicted octanol–water partition coefficient (Wildman–Crippen LogP) is 0.862. The number of carbonyl (C=O) groups excluding carboxylic acids is 1. The topological polar surface area (TPSA) is 38.8 Å². The number of likely N-dealkylation sites (tertiary alicyclic amines) is 1. The van der Waals surface area contributed by atoms with E-state index in [1.165, 1.54) is 0 Å². The van der Waals surface area contributed by atoms with Crippen LogP contribution in [0.5, 0.6) is 0 Å². The van der Waals surface area contributed by atoms with Gasteiger partial charge in [0.15, 0.2) is 0 Å². The molecule has 2 rings (SSSR count). The molecule has 0 unspecified atom stereocenters. The van der Waals surface area contributed by atoms with Gasteiger partial charge in [0.1, 0.15) is 0 Å². The summed E-state index contributed by atoms with van der Waals surface area (Å²) in [5.74, 6) is 1.12. The van der Waals surface area contributed by atoms with Crippen molar-refractivity contribution in [3.63, 3.8) is 0 Å². The standard InChI is InChI=1S/C17H34N4O/c1-3-18-15-16-5-9-21(10-6-16)17(22)7-8-20-13-11-19(4-2)12-14-20/h16,18H,3-15H2,1-2H3. The minimum Gasteiger partial charge on any atom is -0.343 e. The molecule has 5 heteroatoms. The smallest absolute Gasteiger partial charge is 0.223 e. The van der Waals surface area contributed by atoms with Gasteiger partial charge < -0.3 is 20.0 Å². The van der Waals surface area contributed by atoms with Gasteiger partial charge in [-0.3, -0.25) is 4.79 Å². The number of piperidine rings is 1. The highest BCUT2D eigenvalue weighted by molar-refractivity contribution is 5.76. The Morgan fingerprint density at radius 2 is 1.64 bits per heavy atom. The molecule has 0 saturated carbocycles. The Hall–Kier alpha value is -0.650. The van der Waals surface area contributed by atoms with E-state index in [-0.39, 0.29) is 0 Å². The van der Waals surface area contributed by atoms with Gasteiger partial charge >= 0.3 is 0 Å². The van der Waals surface area contributed by atoms with Gasteiger partial charge in [-0.25, -0.2) is 0 Å². The maximum Gasteiger partial charge on any atom is 0.223 e. The van der Waals surface area contributed by atoms with Crippen LogP contribution in [-0.4, -0.2) is 86.1 Å².